The lowest BCUT2D eigenvalue weighted by atomic mass is 10.0. The summed E-state index contributed by atoms with van der Waals surface area (Å²) in [7, 11) is 3.25. The summed E-state index contributed by atoms with van der Waals surface area (Å²) < 4.78 is 5.25. The number of carbonyl (C=O) groups excluding carboxylic acids is 2. The molecular formula is C23H25Cl2N5O3. The van der Waals surface area contributed by atoms with Gasteiger partial charge in [-0.05, 0) is 37.6 Å². The summed E-state index contributed by atoms with van der Waals surface area (Å²) in [5.74, 6) is 0.258. The number of nitriles is 1. The molecule has 0 aliphatic carbocycles. The Morgan fingerprint density at radius 2 is 1.70 bits per heavy atom. The van der Waals surface area contributed by atoms with Gasteiger partial charge in [0.25, 0.3) is 5.91 Å². The van der Waals surface area contributed by atoms with Gasteiger partial charge < -0.3 is 19.4 Å². The van der Waals surface area contributed by atoms with Gasteiger partial charge in [-0.25, -0.2) is 9.78 Å². The fourth-order valence-electron chi connectivity index (χ4n) is 3.49. The molecule has 0 bridgehead atoms. The quantitative estimate of drug-likeness (QED) is 0.635. The molecule has 10 heteroatoms. The number of carbonyl (C=O) groups is 2. The lowest BCUT2D eigenvalue weighted by Gasteiger charge is -2.35. The molecule has 1 aliphatic rings. The van der Waals surface area contributed by atoms with Crippen molar-refractivity contribution >= 4 is 41.0 Å². The van der Waals surface area contributed by atoms with Crippen LogP contribution >= 0.6 is 23.2 Å². The van der Waals surface area contributed by atoms with Crippen molar-refractivity contribution in [2.75, 3.05) is 45.2 Å². The molecule has 0 N–H and O–H groups in total. The third-order valence-electron chi connectivity index (χ3n) is 5.16. The zero-order chi connectivity index (χ0) is 24.3. The van der Waals surface area contributed by atoms with Crippen molar-refractivity contribution in [3.8, 4) is 17.2 Å². The number of amides is 2. The molecule has 1 aliphatic heterocycles. The number of anilines is 1. The van der Waals surface area contributed by atoms with E-state index in [1.807, 2.05) is 18.7 Å². The van der Waals surface area contributed by atoms with Crippen LogP contribution in [0.5, 0.6) is 0 Å². The Morgan fingerprint density at radius 1 is 1.09 bits per heavy atom. The maximum Gasteiger partial charge on any atom is 0.410 e. The number of ether oxygens (including phenoxy) is 1. The zero-order valence-electron chi connectivity index (χ0n) is 18.9. The summed E-state index contributed by atoms with van der Waals surface area (Å²) in [4.78, 5) is 34.0. The van der Waals surface area contributed by atoms with E-state index in [4.69, 9.17) is 27.9 Å². The number of hydrogen-bond acceptors (Lipinski definition) is 6. The van der Waals surface area contributed by atoms with Crippen molar-refractivity contribution < 1.29 is 14.3 Å². The summed E-state index contributed by atoms with van der Waals surface area (Å²) in [5, 5.41) is 10.2. The van der Waals surface area contributed by atoms with Gasteiger partial charge in [0, 0.05) is 52.0 Å². The van der Waals surface area contributed by atoms with Crippen LogP contribution in [0.25, 0.3) is 11.1 Å². The fourth-order valence-corrected chi connectivity index (χ4v) is 4.14. The van der Waals surface area contributed by atoms with E-state index < -0.39 is 0 Å². The number of rotatable bonds is 4. The van der Waals surface area contributed by atoms with E-state index in [0.717, 1.165) is 0 Å². The first-order valence-corrected chi connectivity index (χ1v) is 11.2. The largest absolute Gasteiger partial charge is 0.447 e. The van der Waals surface area contributed by atoms with Crippen molar-refractivity contribution in [3.05, 3.63) is 45.6 Å². The van der Waals surface area contributed by atoms with E-state index in [9.17, 15) is 14.9 Å². The highest BCUT2D eigenvalue weighted by molar-refractivity contribution is 6.40. The third kappa shape index (κ3) is 5.49. The third-order valence-corrected chi connectivity index (χ3v) is 5.75. The molecule has 2 aromatic rings. The monoisotopic (exact) mass is 489 g/mol. The molecule has 0 unspecified atom stereocenters. The first-order chi connectivity index (χ1) is 15.6. The van der Waals surface area contributed by atoms with Crippen molar-refractivity contribution in [3.63, 3.8) is 0 Å². The minimum atomic E-state index is -0.335. The van der Waals surface area contributed by atoms with Crippen molar-refractivity contribution in [2.45, 2.75) is 20.0 Å². The Kier molecular flexibility index (Phi) is 7.67. The molecule has 1 fully saturated rings. The number of hydrogen-bond donors (Lipinski definition) is 0. The van der Waals surface area contributed by atoms with Gasteiger partial charge in [0.05, 0.1) is 27.3 Å². The second-order valence-electron chi connectivity index (χ2n) is 8.13. The normalized spacial score (nSPS) is 13.6. The molecule has 2 heterocycles. The Hall–Kier alpha value is -3.02. The molecule has 0 spiro atoms. The lowest BCUT2D eigenvalue weighted by Crippen LogP contribution is -2.49. The van der Waals surface area contributed by atoms with Gasteiger partial charge in [-0.2, -0.15) is 5.26 Å². The van der Waals surface area contributed by atoms with E-state index in [-0.39, 0.29) is 33.7 Å². The van der Waals surface area contributed by atoms with Crippen LogP contribution in [-0.2, 0) is 4.74 Å². The Bertz CT molecular complexity index is 1080. The summed E-state index contributed by atoms with van der Waals surface area (Å²) in [5.41, 5.74) is 1.93. The molecule has 0 radical (unpaired) electrons. The molecule has 8 nitrogen and oxygen atoms in total. The smallest absolute Gasteiger partial charge is 0.410 e. The van der Waals surface area contributed by atoms with E-state index in [1.54, 1.807) is 43.4 Å². The van der Waals surface area contributed by atoms with Gasteiger partial charge in [-0.15, -0.1) is 0 Å². The molecule has 0 atom stereocenters. The summed E-state index contributed by atoms with van der Waals surface area (Å²) >= 11 is 12.7. The maximum absolute atomic E-state index is 12.3. The highest BCUT2D eigenvalue weighted by atomic mass is 35.5. The average molecular weight is 490 g/mol. The fraction of sp³-hybridized carbons (Fsp3) is 0.391. The van der Waals surface area contributed by atoms with Gasteiger partial charge in [0.2, 0.25) is 0 Å². The Morgan fingerprint density at radius 3 is 2.21 bits per heavy atom. The predicted molar refractivity (Wildman–Crippen MR) is 128 cm³/mol. The lowest BCUT2D eigenvalue weighted by molar-refractivity contribution is 0.0750. The molecule has 2 amide bonds. The number of pyridine rings is 1. The van der Waals surface area contributed by atoms with Crippen LogP contribution in [0.15, 0.2) is 24.4 Å². The SMILES string of the molecule is CC(C)OC(=O)N1CCN(c2ncc(-c3cc(Cl)c(C(=O)N(C)C)c(Cl)c3)cc2C#N)CC1. The molecule has 1 aromatic carbocycles. The highest BCUT2D eigenvalue weighted by Gasteiger charge is 2.25. The first-order valence-electron chi connectivity index (χ1n) is 10.4. The van der Waals surface area contributed by atoms with E-state index in [2.05, 4.69) is 11.1 Å². The molecule has 1 saturated heterocycles. The van der Waals surface area contributed by atoms with Crippen LogP contribution in [0, 0.1) is 11.3 Å². The second-order valence-corrected chi connectivity index (χ2v) is 8.94. The predicted octanol–water partition coefficient (Wildman–Crippen LogP) is 4.30. The van der Waals surface area contributed by atoms with Gasteiger partial charge in [-0.3, -0.25) is 4.79 Å². The van der Waals surface area contributed by atoms with E-state index in [1.165, 1.54) is 4.90 Å². The van der Waals surface area contributed by atoms with Crippen LogP contribution in [0.4, 0.5) is 10.6 Å². The first kappa shape index (κ1) is 24.6. The zero-order valence-corrected chi connectivity index (χ0v) is 20.4. The summed E-state index contributed by atoms with van der Waals surface area (Å²) in [6.45, 7) is 5.65. The van der Waals surface area contributed by atoms with Crippen LogP contribution in [-0.4, -0.2) is 73.2 Å². The minimum absolute atomic E-state index is 0.174. The van der Waals surface area contributed by atoms with Gasteiger partial charge >= 0.3 is 6.09 Å². The van der Waals surface area contributed by atoms with Gasteiger partial charge in [-0.1, -0.05) is 23.2 Å². The van der Waals surface area contributed by atoms with Crippen molar-refractivity contribution in [2.24, 2.45) is 0 Å². The second kappa shape index (κ2) is 10.3. The highest BCUT2D eigenvalue weighted by Crippen LogP contribution is 2.33. The van der Waals surface area contributed by atoms with Gasteiger partial charge in [0.15, 0.2) is 0 Å². The number of aromatic nitrogens is 1. The number of nitrogens with zero attached hydrogens (tertiary/aromatic N) is 5. The minimum Gasteiger partial charge on any atom is -0.447 e. The molecule has 1 aromatic heterocycles. The number of halogens is 2. The Balaban J connectivity index is 1.82. The molecule has 0 saturated carbocycles. The molecule has 3 rings (SSSR count). The maximum atomic E-state index is 12.3. The van der Waals surface area contributed by atoms with Crippen LogP contribution in [0.1, 0.15) is 29.8 Å². The van der Waals surface area contributed by atoms with Gasteiger partial charge in [0.1, 0.15) is 11.9 Å². The summed E-state index contributed by atoms with van der Waals surface area (Å²) in [6, 6.07) is 7.20. The molecule has 174 valence electrons. The van der Waals surface area contributed by atoms with Crippen LogP contribution in [0.3, 0.4) is 0 Å². The van der Waals surface area contributed by atoms with Crippen LogP contribution < -0.4 is 4.90 Å². The average Bonchev–Trinajstić information content (AvgIpc) is 2.77. The van der Waals surface area contributed by atoms with E-state index >= 15 is 0 Å². The van der Waals surface area contributed by atoms with Crippen LogP contribution in [0.2, 0.25) is 10.0 Å². The Labute approximate surface area is 203 Å². The molecule has 33 heavy (non-hydrogen) atoms. The van der Waals surface area contributed by atoms with E-state index in [0.29, 0.717) is 48.7 Å². The number of piperazine rings is 1. The summed E-state index contributed by atoms with van der Waals surface area (Å²) in [6.07, 6.45) is 1.13. The number of benzene rings is 1. The standard InChI is InChI=1S/C23H25Cl2N5O3/c1-14(2)33-23(32)30-7-5-29(6-8-30)21-16(12-26)9-17(13-27-21)15-10-18(24)20(19(25)11-15)22(31)28(3)4/h9-11,13-14H,5-8H2,1-4H3. The molecular weight excluding hydrogens is 465 g/mol. The van der Waals surface area contributed by atoms with Crippen molar-refractivity contribution in [1.29, 1.82) is 5.26 Å². The topological polar surface area (TPSA) is 89.8 Å². The van der Waals surface area contributed by atoms with Crippen molar-refractivity contribution in [1.82, 2.24) is 14.8 Å².